The lowest BCUT2D eigenvalue weighted by Gasteiger charge is -2.29. The molecule has 1 aromatic carbocycles. The fourth-order valence-corrected chi connectivity index (χ4v) is 4.09. The van der Waals surface area contributed by atoms with Crippen LogP contribution in [0.25, 0.3) is 0 Å². The molecule has 1 aliphatic rings. The summed E-state index contributed by atoms with van der Waals surface area (Å²) >= 11 is 0. The van der Waals surface area contributed by atoms with E-state index in [1.807, 2.05) is 42.1 Å². The Morgan fingerprint density at radius 3 is 2.59 bits per heavy atom. The molecule has 0 bridgehead atoms. The molecule has 2 aromatic heterocycles. The van der Waals surface area contributed by atoms with Crippen molar-refractivity contribution in [1.29, 1.82) is 0 Å². The first-order chi connectivity index (χ1) is 15.6. The molecule has 7 heteroatoms. The molecule has 0 aliphatic carbocycles. The van der Waals surface area contributed by atoms with E-state index in [1.54, 1.807) is 6.20 Å². The van der Waals surface area contributed by atoms with E-state index in [-0.39, 0.29) is 0 Å². The van der Waals surface area contributed by atoms with Gasteiger partial charge in [0.05, 0.1) is 18.9 Å². The van der Waals surface area contributed by atoms with Gasteiger partial charge in [-0.2, -0.15) is 5.10 Å². The Balaban J connectivity index is 1.41. The molecule has 32 heavy (non-hydrogen) atoms. The minimum Gasteiger partial charge on any atom is -0.473 e. The number of nitrogens with one attached hydrogen (secondary N) is 1. The highest BCUT2D eigenvalue weighted by atomic mass is 16.5. The molecule has 4 rings (SSSR count). The van der Waals surface area contributed by atoms with E-state index in [0.29, 0.717) is 18.4 Å². The Morgan fingerprint density at radius 1 is 1.06 bits per heavy atom. The standard InChI is InChI=1S/C25H33N5O2/c1-19(2)24-22(25(29(3)28-24)30-11-13-31-14-12-30)17-26-16-21-9-10-27-23(15-21)32-18-20-7-5-4-6-8-20/h4-10,15,19,26H,11-14,16-18H2,1-3H3. The minimum absolute atomic E-state index is 0.367. The smallest absolute Gasteiger partial charge is 0.213 e. The summed E-state index contributed by atoms with van der Waals surface area (Å²) in [5.74, 6) is 2.21. The van der Waals surface area contributed by atoms with Crippen LogP contribution in [-0.2, 0) is 31.5 Å². The van der Waals surface area contributed by atoms with Crippen LogP contribution in [0.1, 0.15) is 42.1 Å². The maximum Gasteiger partial charge on any atom is 0.213 e. The highest BCUT2D eigenvalue weighted by Gasteiger charge is 2.24. The number of hydrogen-bond acceptors (Lipinski definition) is 6. The van der Waals surface area contributed by atoms with Gasteiger partial charge in [-0.05, 0) is 23.1 Å². The van der Waals surface area contributed by atoms with Crippen molar-refractivity contribution in [2.24, 2.45) is 7.05 Å². The number of benzene rings is 1. The third-order valence-corrected chi connectivity index (χ3v) is 5.66. The predicted octanol–water partition coefficient (Wildman–Crippen LogP) is 3.64. The van der Waals surface area contributed by atoms with Crippen LogP contribution in [0.2, 0.25) is 0 Å². The SMILES string of the molecule is CC(C)c1nn(C)c(N2CCOCC2)c1CNCc1ccnc(OCc2ccccc2)c1. The summed E-state index contributed by atoms with van der Waals surface area (Å²) in [6.45, 7) is 9.74. The Morgan fingerprint density at radius 2 is 1.84 bits per heavy atom. The van der Waals surface area contributed by atoms with E-state index < -0.39 is 0 Å². The fraction of sp³-hybridized carbons (Fsp3) is 0.440. The molecule has 0 radical (unpaired) electrons. The summed E-state index contributed by atoms with van der Waals surface area (Å²) in [5, 5.41) is 8.45. The van der Waals surface area contributed by atoms with Crippen molar-refractivity contribution in [1.82, 2.24) is 20.1 Å². The van der Waals surface area contributed by atoms with E-state index in [2.05, 4.69) is 41.2 Å². The van der Waals surface area contributed by atoms with E-state index in [9.17, 15) is 0 Å². The number of rotatable bonds is 9. The van der Waals surface area contributed by atoms with Crippen LogP contribution in [-0.4, -0.2) is 41.1 Å². The average Bonchev–Trinajstić information content (AvgIpc) is 3.15. The molecule has 1 aliphatic heterocycles. The van der Waals surface area contributed by atoms with Gasteiger partial charge in [0.25, 0.3) is 0 Å². The van der Waals surface area contributed by atoms with Crippen molar-refractivity contribution < 1.29 is 9.47 Å². The topological polar surface area (TPSA) is 64.4 Å². The number of aryl methyl sites for hydroxylation is 1. The molecule has 0 amide bonds. The molecule has 3 heterocycles. The second-order valence-corrected chi connectivity index (χ2v) is 8.45. The lowest BCUT2D eigenvalue weighted by atomic mass is 10.0. The molecule has 1 saturated heterocycles. The van der Waals surface area contributed by atoms with Crippen molar-refractivity contribution in [3.8, 4) is 5.88 Å². The van der Waals surface area contributed by atoms with Crippen molar-refractivity contribution in [2.75, 3.05) is 31.2 Å². The highest BCUT2D eigenvalue weighted by molar-refractivity contribution is 5.51. The van der Waals surface area contributed by atoms with Crippen molar-refractivity contribution >= 4 is 5.82 Å². The first-order valence-electron chi connectivity index (χ1n) is 11.3. The van der Waals surface area contributed by atoms with E-state index >= 15 is 0 Å². The molecule has 170 valence electrons. The van der Waals surface area contributed by atoms with Gasteiger partial charge >= 0.3 is 0 Å². The zero-order valence-corrected chi connectivity index (χ0v) is 19.3. The van der Waals surface area contributed by atoms with Crippen molar-refractivity contribution in [3.05, 3.63) is 71.0 Å². The van der Waals surface area contributed by atoms with Crippen LogP contribution >= 0.6 is 0 Å². The predicted molar refractivity (Wildman–Crippen MR) is 126 cm³/mol. The summed E-state index contributed by atoms with van der Waals surface area (Å²) in [6, 6.07) is 14.2. The summed E-state index contributed by atoms with van der Waals surface area (Å²) in [4.78, 5) is 6.75. The van der Waals surface area contributed by atoms with Crippen molar-refractivity contribution in [3.63, 3.8) is 0 Å². The molecule has 0 spiro atoms. The molecule has 1 N–H and O–H groups in total. The monoisotopic (exact) mass is 435 g/mol. The Bertz CT molecular complexity index is 997. The molecule has 1 fully saturated rings. The van der Waals surface area contributed by atoms with Crippen LogP contribution in [0.4, 0.5) is 5.82 Å². The third-order valence-electron chi connectivity index (χ3n) is 5.66. The molecule has 0 unspecified atom stereocenters. The van der Waals surface area contributed by atoms with E-state index in [0.717, 1.165) is 56.2 Å². The first-order valence-corrected chi connectivity index (χ1v) is 11.3. The molecule has 0 saturated carbocycles. The lowest BCUT2D eigenvalue weighted by Crippen LogP contribution is -2.38. The number of morpholine rings is 1. The largest absolute Gasteiger partial charge is 0.473 e. The summed E-state index contributed by atoms with van der Waals surface area (Å²) in [5.41, 5.74) is 4.71. The maximum atomic E-state index is 5.88. The van der Waals surface area contributed by atoms with Crippen LogP contribution < -0.4 is 15.0 Å². The lowest BCUT2D eigenvalue weighted by molar-refractivity contribution is 0.122. The maximum absolute atomic E-state index is 5.88. The van der Waals surface area contributed by atoms with Gasteiger partial charge in [-0.25, -0.2) is 4.98 Å². The summed E-state index contributed by atoms with van der Waals surface area (Å²) < 4.78 is 13.5. The number of anilines is 1. The molecular weight excluding hydrogens is 402 g/mol. The number of ether oxygens (including phenoxy) is 2. The number of hydrogen-bond donors (Lipinski definition) is 1. The zero-order valence-electron chi connectivity index (χ0n) is 19.3. The first kappa shape index (κ1) is 22.3. The van der Waals surface area contributed by atoms with Gasteiger partial charge in [-0.1, -0.05) is 44.2 Å². The van der Waals surface area contributed by atoms with E-state index in [1.165, 1.54) is 11.4 Å². The van der Waals surface area contributed by atoms with Gasteiger partial charge in [0.2, 0.25) is 5.88 Å². The fourth-order valence-electron chi connectivity index (χ4n) is 4.09. The summed E-state index contributed by atoms with van der Waals surface area (Å²) in [7, 11) is 2.04. The molecular formula is C25H33N5O2. The molecule has 0 atom stereocenters. The van der Waals surface area contributed by atoms with Crippen LogP contribution in [0.15, 0.2) is 48.7 Å². The van der Waals surface area contributed by atoms with Gasteiger partial charge in [-0.3, -0.25) is 4.68 Å². The number of aromatic nitrogens is 3. The molecule has 3 aromatic rings. The third kappa shape index (κ3) is 5.47. The van der Waals surface area contributed by atoms with E-state index in [4.69, 9.17) is 14.6 Å². The Hall–Kier alpha value is -2.90. The minimum atomic E-state index is 0.367. The van der Waals surface area contributed by atoms with Crippen LogP contribution in [0, 0.1) is 0 Å². The van der Waals surface area contributed by atoms with Gasteiger partial charge in [0.15, 0.2) is 0 Å². The summed E-state index contributed by atoms with van der Waals surface area (Å²) in [6.07, 6.45) is 1.81. The van der Waals surface area contributed by atoms with Gasteiger partial charge < -0.3 is 19.7 Å². The Kier molecular flexibility index (Phi) is 7.39. The highest BCUT2D eigenvalue weighted by Crippen LogP contribution is 2.29. The second-order valence-electron chi connectivity index (χ2n) is 8.45. The van der Waals surface area contributed by atoms with Gasteiger partial charge in [0.1, 0.15) is 12.4 Å². The zero-order chi connectivity index (χ0) is 22.3. The number of nitrogens with zero attached hydrogens (tertiary/aromatic N) is 4. The average molecular weight is 436 g/mol. The number of pyridine rings is 1. The van der Waals surface area contributed by atoms with Crippen LogP contribution in [0.5, 0.6) is 5.88 Å². The van der Waals surface area contributed by atoms with Crippen LogP contribution in [0.3, 0.4) is 0 Å². The van der Waals surface area contributed by atoms with Gasteiger partial charge in [-0.15, -0.1) is 0 Å². The van der Waals surface area contributed by atoms with Gasteiger partial charge in [0, 0.05) is 51.1 Å². The quantitative estimate of drug-likeness (QED) is 0.554. The van der Waals surface area contributed by atoms with Crippen molar-refractivity contribution in [2.45, 2.75) is 39.5 Å². The Labute approximate surface area is 190 Å². The molecule has 7 nitrogen and oxygen atoms in total. The normalized spacial score (nSPS) is 14.2. The second kappa shape index (κ2) is 10.6.